The molecule has 2 heteroatoms. The van der Waals surface area contributed by atoms with Crippen LogP contribution in [0.2, 0.25) is 0 Å². The SMILES string of the molecule is CC1CCC(CC2(C#N)CCC(C)(C)CC2)O1. The van der Waals surface area contributed by atoms with Crippen LogP contribution in [0.15, 0.2) is 0 Å². The van der Waals surface area contributed by atoms with Crippen LogP contribution in [0, 0.1) is 22.2 Å². The Labute approximate surface area is 105 Å². The van der Waals surface area contributed by atoms with Gasteiger partial charge in [-0.15, -0.1) is 0 Å². The van der Waals surface area contributed by atoms with E-state index < -0.39 is 0 Å². The van der Waals surface area contributed by atoms with Crippen molar-refractivity contribution in [2.24, 2.45) is 10.8 Å². The minimum Gasteiger partial charge on any atom is -0.375 e. The molecule has 2 nitrogen and oxygen atoms in total. The monoisotopic (exact) mass is 235 g/mol. The van der Waals surface area contributed by atoms with Crippen LogP contribution >= 0.6 is 0 Å². The summed E-state index contributed by atoms with van der Waals surface area (Å²) in [5.74, 6) is 0. The zero-order chi connectivity index (χ0) is 12.5. The number of nitrogens with zero attached hydrogens (tertiary/aromatic N) is 1. The van der Waals surface area contributed by atoms with E-state index in [1.807, 2.05) is 0 Å². The molecule has 1 heterocycles. The highest BCUT2D eigenvalue weighted by molar-refractivity contribution is 5.04. The summed E-state index contributed by atoms with van der Waals surface area (Å²) in [4.78, 5) is 0. The normalized spacial score (nSPS) is 35.4. The second-order valence-corrected chi connectivity index (χ2v) is 6.91. The van der Waals surface area contributed by atoms with E-state index in [2.05, 4.69) is 26.8 Å². The molecule has 0 spiro atoms. The Morgan fingerprint density at radius 2 is 1.82 bits per heavy atom. The molecule has 0 aromatic rings. The third-order valence-corrected chi connectivity index (χ3v) is 4.74. The molecular formula is C15H25NO. The molecule has 2 atom stereocenters. The molecule has 0 radical (unpaired) electrons. The lowest BCUT2D eigenvalue weighted by Crippen LogP contribution is -2.33. The zero-order valence-corrected chi connectivity index (χ0v) is 11.5. The quantitative estimate of drug-likeness (QED) is 0.723. The van der Waals surface area contributed by atoms with Gasteiger partial charge in [0.25, 0.3) is 0 Å². The van der Waals surface area contributed by atoms with Crippen LogP contribution < -0.4 is 0 Å². The van der Waals surface area contributed by atoms with Gasteiger partial charge in [-0.2, -0.15) is 5.26 Å². The average molecular weight is 235 g/mol. The van der Waals surface area contributed by atoms with Crippen LogP contribution in [-0.2, 0) is 4.74 Å². The molecule has 2 aliphatic rings. The fourth-order valence-corrected chi connectivity index (χ4v) is 3.24. The van der Waals surface area contributed by atoms with Crippen LogP contribution in [0.25, 0.3) is 0 Å². The van der Waals surface area contributed by atoms with Crippen molar-refractivity contribution in [3.8, 4) is 6.07 Å². The number of ether oxygens (including phenoxy) is 1. The summed E-state index contributed by atoms with van der Waals surface area (Å²) >= 11 is 0. The van der Waals surface area contributed by atoms with Gasteiger partial charge in [-0.25, -0.2) is 0 Å². The van der Waals surface area contributed by atoms with Gasteiger partial charge in [0, 0.05) is 0 Å². The van der Waals surface area contributed by atoms with Gasteiger partial charge in [-0.3, -0.25) is 0 Å². The lowest BCUT2D eigenvalue weighted by atomic mass is 9.64. The maximum Gasteiger partial charge on any atom is 0.0690 e. The smallest absolute Gasteiger partial charge is 0.0690 e. The summed E-state index contributed by atoms with van der Waals surface area (Å²) in [5, 5.41) is 9.53. The molecule has 2 fully saturated rings. The van der Waals surface area contributed by atoms with Crippen LogP contribution in [0.5, 0.6) is 0 Å². The maximum atomic E-state index is 9.53. The number of rotatable bonds is 2. The van der Waals surface area contributed by atoms with E-state index >= 15 is 0 Å². The van der Waals surface area contributed by atoms with Crippen LogP contribution in [0.4, 0.5) is 0 Å². The Morgan fingerprint density at radius 1 is 1.18 bits per heavy atom. The number of hydrogen-bond donors (Lipinski definition) is 0. The molecule has 1 saturated heterocycles. The lowest BCUT2D eigenvalue weighted by molar-refractivity contribution is 0.0160. The molecule has 1 aliphatic heterocycles. The summed E-state index contributed by atoms with van der Waals surface area (Å²) in [7, 11) is 0. The minimum absolute atomic E-state index is 0.0930. The fraction of sp³-hybridized carbons (Fsp3) is 0.933. The van der Waals surface area contributed by atoms with Gasteiger partial charge < -0.3 is 4.74 Å². The van der Waals surface area contributed by atoms with E-state index in [1.54, 1.807) is 0 Å². The maximum absolute atomic E-state index is 9.53. The Kier molecular flexibility index (Phi) is 3.50. The average Bonchev–Trinajstić information content (AvgIpc) is 2.68. The van der Waals surface area contributed by atoms with E-state index in [0.29, 0.717) is 17.6 Å². The van der Waals surface area contributed by atoms with Gasteiger partial charge in [-0.05, 0) is 57.3 Å². The third-order valence-electron chi connectivity index (χ3n) is 4.74. The molecule has 0 N–H and O–H groups in total. The standard InChI is InChI=1S/C15H25NO/c1-12-4-5-13(17-12)10-15(11-16)8-6-14(2,3)7-9-15/h12-13H,4-10H2,1-3H3. The summed E-state index contributed by atoms with van der Waals surface area (Å²) in [5.41, 5.74) is 0.342. The van der Waals surface area contributed by atoms with Crippen LogP contribution in [-0.4, -0.2) is 12.2 Å². The third kappa shape index (κ3) is 3.01. The van der Waals surface area contributed by atoms with E-state index in [-0.39, 0.29) is 5.41 Å². The number of hydrogen-bond acceptors (Lipinski definition) is 2. The minimum atomic E-state index is -0.0930. The molecule has 0 aromatic heterocycles. The topological polar surface area (TPSA) is 33.0 Å². The zero-order valence-electron chi connectivity index (χ0n) is 11.5. The molecule has 2 rings (SSSR count). The summed E-state index contributed by atoms with van der Waals surface area (Å²) in [6.45, 7) is 6.79. The molecule has 0 amide bonds. The highest BCUT2D eigenvalue weighted by Gasteiger charge is 2.41. The van der Waals surface area contributed by atoms with E-state index in [1.165, 1.54) is 12.8 Å². The molecule has 0 bridgehead atoms. The first-order valence-electron chi connectivity index (χ1n) is 7.01. The molecule has 96 valence electrons. The van der Waals surface area contributed by atoms with Gasteiger partial charge in [0.15, 0.2) is 0 Å². The molecule has 0 aromatic carbocycles. The Hall–Kier alpha value is -0.550. The van der Waals surface area contributed by atoms with E-state index in [9.17, 15) is 5.26 Å². The van der Waals surface area contributed by atoms with E-state index in [4.69, 9.17) is 4.74 Å². The first-order valence-corrected chi connectivity index (χ1v) is 7.01. The predicted molar refractivity (Wildman–Crippen MR) is 68.5 cm³/mol. The van der Waals surface area contributed by atoms with Crippen LogP contribution in [0.3, 0.4) is 0 Å². The van der Waals surface area contributed by atoms with Gasteiger partial charge >= 0.3 is 0 Å². The molecular weight excluding hydrogens is 210 g/mol. The number of nitriles is 1. The fourth-order valence-electron chi connectivity index (χ4n) is 3.24. The highest BCUT2D eigenvalue weighted by Crippen LogP contribution is 2.48. The molecule has 1 aliphatic carbocycles. The first kappa shape index (κ1) is 12.9. The van der Waals surface area contributed by atoms with Gasteiger partial charge in [0.05, 0.1) is 23.7 Å². The van der Waals surface area contributed by atoms with Crippen molar-refractivity contribution in [2.45, 2.75) is 77.9 Å². The summed E-state index contributed by atoms with van der Waals surface area (Å²) in [6, 6.07) is 2.62. The van der Waals surface area contributed by atoms with Crippen LogP contribution in [0.1, 0.15) is 65.7 Å². The Bertz CT molecular complexity index is 305. The Morgan fingerprint density at radius 3 is 2.29 bits per heavy atom. The second-order valence-electron chi connectivity index (χ2n) is 6.91. The largest absolute Gasteiger partial charge is 0.375 e. The van der Waals surface area contributed by atoms with Gasteiger partial charge in [-0.1, -0.05) is 13.8 Å². The van der Waals surface area contributed by atoms with Crippen molar-refractivity contribution >= 4 is 0 Å². The molecule has 17 heavy (non-hydrogen) atoms. The lowest BCUT2D eigenvalue weighted by Gasteiger charge is -2.40. The second kappa shape index (κ2) is 4.61. The summed E-state index contributed by atoms with van der Waals surface area (Å²) < 4.78 is 5.89. The van der Waals surface area contributed by atoms with Crippen molar-refractivity contribution in [1.82, 2.24) is 0 Å². The van der Waals surface area contributed by atoms with Crippen molar-refractivity contribution in [3.63, 3.8) is 0 Å². The Balaban J connectivity index is 1.95. The highest BCUT2D eigenvalue weighted by atomic mass is 16.5. The van der Waals surface area contributed by atoms with Crippen molar-refractivity contribution in [1.29, 1.82) is 5.26 Å². The van der Waals surface area contributed by atoms with Crippen molar-refractivity contribution < 1.29 is 4.74 Å². The molecule has 1 saturated carbocycles. The van der Waals surface area contributed by atoms with E-state index in [0.717, 1.165) is 32.1 Å². The van der Waals surface area contributed by atoms with Crippen molar-refractivity contribution in [3.05, 3.63) is 0 Å². The summed E-state index contributed by atoms with van der Waals surface area (Å²) in [6.07, 6.45) is 8.50. The predicted octanol–water partition coefficient (Wildman–Crippen LogP) is 4.05. The van der Waals surface area contributed by atoms with Gasteiger partial charge in [0.2, 0.25) is 0 Å². The first-order chi connectivity index (χ1) is 7.95. The van der Waals surface area contributed by atoms with Gasteiger partial charge in [0.1, 0.15) is 0 Å². The van der Waals surface area contributed by atoms with Crippen molar-refractivity contribution in [2.75, 3.05) is 0 Å². The molecule has 2 unspecified atom stereocenters.